The Morgan fingerprint density at radius 1 is 1.42 bits per heavy atom. The molecule has 3 N–H and O–H groups in total. The molecule has 0 aliphatic carbocycles. The summed E-state index contributed by atoms with van der Waals surface area (Å²) in [6.07, 6.45) is 0.0193. The van der Waals surface area contributed by atoms with Gasteiger partial charge < -0.3 is 25.3 Å². The van der Waals surface area contributed by atoms with Gasteiger partial charge in [0.05, 0.1) is 6.10 Å². The number of anilines is 1. The number of carbonyl (C=O) groups excluding carboxylic acids is 1. The van der Waals surface area contributed by atoms with Gasteiger partial charge in [-0.2, -0.15) is 0 Å². The summed E-state index contributed by atoms with van der Waals surface area (Å²) in [6, 6.07) is 3.63. The third-order valence-electron chi connectivity index (χ3n) is 3.83. The number of fused-ring (bicyclic) bond motifs is 2. The maximum atomic E-state index is 12.2. The van der Waals surface area contributed by atoms with Crippen LogP contribution in [0.5, 0.6) is 11.5 Å². The van der Waals surface area contributed by atoms with Crippen molar-refractivity contribution in [3.05, 3.63) is 17.7 Å². The topological polar surface area (TPSA) is 82.8 Å². The van der Waals surface area contributed by atoms with Crippen LogP contribution in [0.1, 0.15) is 12.5 Å². The molecule has 0 saturated carbocycles. The predicted molar refractivity (Wildman–Crippen MR) is 68.3 cm³/mol. The highest BCUT2D eigenvalue weighted by molar-refractivity contribution is 6.02. The summed E-state index contributed by atoms with van der Waals surface area (Å²) >= 11 is 0. The minimum Gasteiger partial charge on any atom is -0.454 e. The van der Waals surface area contributed by atoms with Gasteiger partial charge in [-0.25, -0.2) is 0 Å². The van der Waals surface area contributed by atoms with Gasteiger partial charge >= 0.3 is 0 Å². The second-order valence-corrected chi connectivity index (χ2v) is 4.91. The highest BCUT2D eigenvalue weighted by Gasteiger charge is 2.44. The van der Waals surface area contributed by atoms with E-state index in [1.165, 1.54) is 0 Å². The fourth-order valence-electron chi connectivity index (χ4n) is 2.42. The molecule has 3 rings (SSSR count). The third kappa shape index (κ3) is 1.75. The van der Waals surface area contributed by atoms with Crippen molar-refractivity contribution >= 4 is 11.6 Å². The molecule has 0 aromatic heterocycles. The van der Waals surface area contributed by atoms with E-state index in [9.17, 15) is 4.79 Å². The molecule has 6 nitrogen and oxygen atoms in total. The molecule has 0 spiro atoms. The Morgan fingerprint density at radius 3 is 2.79 bits per heavy atom. The molecule has 1 amide bonds. The van der Waals surface area contributed by atoms with E-state index in [-0.39, 0.29) is 18.8 Å². The third-order valence-corrected chi connectivity index (χ3v) is 3.83. The molecule has 0 saturated heterocycles. The van der Waals surface area contributed by atoms with Crippen molar-refractivity contribution in [3.63, 3.8) is 0 Å². The fraction of sp³-hybridized carbons (Fsp3) is 0.462. The van der Waals surface area contributed by atoms with Crippen molar-refractivity contribution in [1.29, 1.82) is 0 Å². The number of amides is 1. The minimum atomic E-state index is -1.07. The van der Waals surface area contributed by atoms with Gasteiger partial charge in [-0.05, 0) is 18.6 Å². The molecule has 0 radical (unpaired) electrons. The maximum Gasteiger partial charge on any atom is 0.247 e. The van der Waals surface area contributed by atoms with Crippen molar-refractivity contribution in [2.75, 3.05) is 19.2 Å². The van der Waals surface area contributed by atoms with E-state index in [1.54, 1.807) is 20.1 Å². The average Bonchev–Trinajstić information content (AvgIpc) is 2.83. The van der Waals surface area contributed by atoms with Crippen molar-refractivity contribution in [2.24, 2.45) is 5.73 Å². The van der Waals surface area contributed by atoms with Gasteiger partial charge in [-0.1, -0.05) is 0 Å². The molecule has 2 aliphatic rings. The van der Waals surface area contributed by atoms with E-state index < -0.39 is 5.54 Å². The molecule has 0 bridgehead atoms. The molecule has 102 valence electrons. The van der Waals surface area contributed by atoms with E-state index in [4.69, 9.17) is 19.9 Å². The van der Waals surface area contributed by atoms with Crippen LogP contribution in [0.3, 0.4) is 0 Å². The zero-order valence-corrected chi connectivity index (χ0v) is 10.9. The van der Waals surface area contributed by atoms with Gasteiger partial charge in [0.1, 0.15) is 5.54 Å². The normalized spacial score (nSPS) is 25.7. The molecular formula is C13H16N2O4. The first kappa shape index (κ1) is 12.3. The lowest BCUT2D eigenvalue weighted by atomic mass is 9.82. The second kappa shape index (κ2) is 4.11. The van der Waals surface area contributed by atoms with Gasteiger partial charge in [0.25, 0.3) is 0 Å². The average molecular weight is 264 g/mol. The van der Waals surface area contributed by atoms with Crippen LogP contribution in [0.15, 0.2) is 12.1 Å². The number of ether oxygens (including phenoxy) is 3. The van der Waals surface area contributed by atoms with Crippen LogP contribution in [-0.2, 0) is 16.0 Å². The summed E-state index contributed by atoms with van der Waals surface area (Å²) in [4.78, 5) is 12.2. The molecule has 6 heteroatoms. The minimum absolute atomic E-state index is 0.203. The SMILES string of the molecule is COC(C)C1(N)Cc2cc3c(cc2NC1=O)OCO3. The lowest BCUT2D eigenvalue weighted by molar-refractivity contribution is -0.126. The van der Waals surface area contributed by atoms with Crippen molar-refractivity contribution in [3.8, 4) is 11.5 Å². The van der Waals surface area contributed by atoms with Gasteiger partial charge in [-0.15, -0.1) is 0 Å². The Morgan fingerprint density at radius 2 is 2.11 bits per heavy atom. The number of methoxy groups -OCH3 is 1. The van der Waals surface area contributed by atoms with Gasteiger partial charge in [-0.3, -0.25) is 4.79 Å². The molecular weight excluding hydrogens is 248 g/mol. The first-order valence-corrected chi connectivity index (χ1v) is 6.10. The zero-order valence-electron chi connectivity index (χ0n) is 10.9. The Kier molecular flexibility index (Phi) is 2.65. The van der Waals surface area contributed by atoms with Crippen LogP contribution < -0.4 is 20.5 Å². The summed E-state index contributed by atoms with van der Waals surface area (Å²) in [6.45, 7) is 1.99. The number of carbonyl (C=O) groups is 1. The monoisotopic (exact) mass is 264 g/mol. The van der Waals surface area contributed by atoms with E-state index >= 15 is 0 Å². The Bertz CT molecular complexity index is 546. The first-order valence-electron chi connectivity index (χ1n) is 6.10. The fourth-order valence-corrected chi connectivity index (χ4v) is 2.42. The quantitative estimate of drug-likeness (QED) is 0.819. The molecule has 2 atom stereocenters. The van der Waals surface area contributed by atoms with E-state index in [0.717, 1.165) is 11.3 Å². The standard InChI is InChI=1S/C13H16N2O4/c1-7(17-2)13(14)5-8-3-10-11(19-6-18-10)4-9(8)15-12(13)16/h3-4,7H,5-6,14H2,1-2H3,(H,15,16). The van der Waals surface area contributed by atoms with E-state index in [0.29, 0.717) is 17.9 Å². The zero-order chi connectivity index (χ0) is 13.6. The van der Waals surface area contributed by atoms with Gasteiger partial charge in [0, 0.05) is 25.3 Å². The number of hydrogen-bond donors (Lipinski definition) is 2. The molecule has 1 aromatic rings. The Hall–Kier alpha value is -1.79. The highest BCUT2D eigenvalue weighted by Crippen LogP contribution is 2.40. The number of benzene rings is 1. The van der Waals surface area contributed by atoms with Crippen LogP contribution >= 0.6 is 0 Å². The number of hydrogen-bond acceptors (Lipinski definition) is 5. The predicted octanol–water partition coefficient (Wildman–Crippen LogP) is 0.642. The summed E-state index contributed by atoms with van der Waals surface area (Å²) in [5.74, 6) is 1.08. The van der Waals surface area contributed by atoms with Crippen LogP contribution in [0.2, 0.25) is 0 Å². The summed E-state index contributed by atoms with van der Waals surface area (Å²) < 4.78 is 15.9. The molecule has 0 fully saturated rings. The highest BCUT2D eigenvalue weighted by atomic mass is 16.7. The second-order valence-electron chi connectivity index (χ2n) is 4.91. The molecule has 19 heavy (non-hydrogen) atoms. The largest absolute Gasteiger partial charge is 0.454 e. The van der Waals surface area contributed by atoms with Gasteiger partial charge in [0.15, 0.2) is 11.5 Å². The Balaban J connectivity index is 2.01. The van der Waals surface area contributed by atoms with Crippen molar-refractivity contribution < 1.29 is 19.0 Å². The lowest BCUT2D eigenvalue weighted by Gasteiger charge is -2.37. The number of nitrogens with two attached hydrogens (primary N) is 1. The number of rotatable bonds is 2. The number of nitrogens with one attached hydrogen (secondary N) is 1. The van der Waals surface area contributed by atoms with E-state index in [2.05, 4.69) is 5.32 Å². The molecule has 2 heterocycles. The van der Waals surface area contributed by atoms with Crippen LogP contribution in [-0.4, -0.2) is 31.5 Å². The first-order chi connectivity index (χ1) is 9.04. The van der Waals surface area contributed by atoms with Crippen molar-refractivity contribution in [2.45, 2.75) is 25.0 Å². The Labute approximate surface area is 110 Å². The lowest BCUT2D eigenvalue weighted by Crippen LogP contribution is -2.62. The van der Waals surface area contributed by atoms with Crippen molar-refractivity contribution in [1.82, 2.24) is 0 Å². The summed E-state index contributed by atoms with van der Waals surface area (Å²) in [5, 5.41) is 2.82. The summed E-state index contributed by atoms with van der Waals surface area (Å²) in [5.41, 5.74) is 6.78. The maximum absolute atomic E-state index is 12.2. The molecule has 2 aliphatic heterocycles. The van der Waals surface area contributed by atoms with Gasteiger partial charge in [0.2, 0.25) is 12.7 Å². The van der Waals surface area contributed by atoms with Crippen LogP contribution in [0, 0.1) is 0 Å². The van der Waals surface area contributed by atoms with Crippen LogP contribution in [0.25, 0.3) is 0 Å². The molecule has 2 unspecified atom stereocenters. The summed E-state index contributed by atoms with van der Waals surface area (Å²) in [7, 11) is 1.54. The smallest absolute Gasteiger partial charge is 0.247 e. The van der Waals surface area contributed by atoms with Crippen LogP contribution in [0.4, 0.5) is 5.69 Å². The molecule has 1 aromatic carbocycles. The van der Waals surface area contributed by atoms with E-state index in [1.807, 2.05) is 6.07 Å².